The molecule has 0 spiro atoms. The Morgan fingerprint density at radius 2 is 2.09 bits per heavy atom. The minimum absolute atomic E-state index is 0.109. The van der Waals surface area contributed by atoms with Crippen molar-refractivity contribution in [3.63, 3.8) is 0 Å². The highest BCUT2D eigenvalue weighted by Gasteiger charge is 2.12. The molecule has 6 heteroatoms. The molecule has 2 N–H and O–H groups in total. The number of aliphatic hydroxyl groups is 1. The molecule has 0 saturated carbocycles. The van der Waals surface area contributed by atoms with Gasteiger partial charge in [-0.1, -0.05) is 24.3 Å². The Hall–Kier alpha value is -2.44. The number of nitrogens with one attached hydrogen (secondary N) is 1. The molecule has 1 unspecified atom stereocenters. The standard InChI is InChI=1S/C17H20N2O4/c1-12-6-7-13(8-16(12)19(21)22)10-18-11-17(20)14-4-3-5-15(9-14)23-2/h3-9,17-18,20H,10-11H2,1-2H3. The van der Waals surface area contributed by atoms with Crippen LogP contribution in [0.15, 0.2) is 42.5 Å². The fourth-order valence-corrected chi connectivity index (χ4v) is 2.28. The first kappa shape index (κ1) is 16.9. The summed E-state index contributed by atoms with van der Waals surface area (Å²) in [6.45, 7) is 2.50. The number of nitro benzene ring substituents is 1. The lowest BCUT2D eigenvalue weighted by molar-refractivity contribution is -0.385. The molecule has 0 aliphatic carbocycles. The third-order valence-electron chi connectivity index (χ3n) is 3.62. The molecular weight excluding hydrogens is 296 g/mol. The average molecular weight is 316 g/mol. The van der Waals surface area contributed by atoms with Gasteiger partial charge in [0, 0.05) is 24.7 Å². The summed E-state index contributed by atoms with van der Waals surface area (Å²) >= 11 is 0. The Morgan fingerprint density at radius 1 is 1.30 bits per heavy atom. The van der Waals surface area contributed by atoms with Gasteiger partial charge in [-0.3, -0.25) is 10.1 Å². The van der Waals surface area contributed by atoms with Gasteiger partial charge in [0.2, 0.25) is 0 Å². The number of aryl methyl sites for hydroxylation is 1. The first-order valence-electron chi connectivity index (χ1n) is 7.28. The molecule has 2 aromatic rings. The molecule has 0 aliphatic heterocycles. The minimum atomic E-state index is -0.675. The maximum absolute atomic E-state index is 10.9. The second-order valence-electron chi connectivity index (χ2n) is 5.30. The minimum Gasteiger partial charge on any atom is -0.497 e. The van der Waals surface area contributed by atoms with Crippen LogP contribution in [0, 0.1) is 17.0 Å². The predicted octanol–water partition coefficient (Wildman–Crippen LogP) is 2.74. The van der Waals surface area contributed by atoms with Crippen molar-refractivity contribution >= 4 is 5.69 Å². The Bertz CT molecular complexity index is 688. The van der Waals surface area contributed by atoms with E-state index in [9.17, 15) is 15.2 Å². The number of methoxy groups -OCH3 is 1. The molecule has 0 aromatic heterocycles. The van der Waals surface area contributed by atoms with Gasteiger partial charge in [-0.25, -0.2) is 0 Å². The van der Waals surface area contributed by atoms with Gasteiger partial charge in [-0.05, 0) is 30.2 Å². The van der Waals surface area contributed by atoms with Crippen molar-refractivity contribution in [3.05, 3.63) is 69.3 Å². The highest BCUT2D eigenvalue weighted by atomic mass is 16.6. The Morgan fingerprint density at radius 3 is 2.78 bits per heavy atom. The van der Waals surface area contributed by atoms with E-state index in [1.165, 1.54) is 0 Å². The lowest BCUT2D eigenvalue weighted by atomic mass is 10.1. The van der Waals surface area contributed by atoms with E-state index in [1.807, 2.05) is 24.3 Å². The van der Waals surface area contributed by atoms with E-state index in [-0.39, 0.29) is 10.6 Å². The van der Waals surface area contributed by atoms with Crippen LogP contribution in [0.3, 0.4) is 0 Å². The molecule has 23 heavy (non-hydrogen) atoms. The number of aliphatic hydroxyl groups excluding tert-OH is 1. The summed E-state index contributed by atoms with van der Waals surface area (Å²) in [5.74, 6) is 0.690. The normalized spacial score (nSPS) is 12.0. The van der Waals surface area contributed by atoms with Crippen molar-refractivity contribution in [1.29, 1.82) is 0 Å². The van der Waals surface area contributed by atoms with Crippen LogP contribution in [0.1, 0.15) is 22.8 Å². The van der Waals surface area contributed by atoms with Crippen LogP contribution < -0.4 is 10.1 Å². The summed E-state index contributed by atoms with van der Waals surface area (Å²) < 4.78 is 5.13. The molecule has 2 rings (SSSR count). The average Bonchev–Trinajstić information content (AvgIpc) is 2.56. The Kier molecular flexibility index (Phi) is 5.67. The van der Waals surface area contributed by atoms with Gasteiger partial charge in [0.1, 0.15) is 5.75 Å². The van der Waals surface area contributed by atoms with Gasteiger partial charge < -0.3 is 15.2 Å². The third-order valence-corrected chi connectivity index (χ3v) is 3.62. The number of ether oxygens (including phenoxy) is 1. The number of nitrogens with zero attached hydrogens (tertiary/aromatic N) is 1. The summed E-state index contributed by atoms with van der Waals surface area (Å²) in [6, 6.07) is 12.4. The maximum Gasteiger partial charge on any atom is 0.272 e. The maximum atomic E-state index is 10.9. The zero-order chi connectivity index (χ0) is 16.8. The van der Waals surface area contributed by atoms with Gasteiger partial charge in [0.05, 0.1) is 18.1 Å². The fraction of sp³-hybridized carbons (Fsp3) is 0.294. The van der Waals surface area contributed by atoms with Crippen LogP contribution in [0.25, 0.3) is 0 Å². The van der Waals surface area contributed by atoms with Crippen LogP contribution in [0.4, 0.5) is 5.69 Å². The lowest BCUT2D eigenvalue weighted by Gasteiger charge is -2.13. The third kappa shape index (κ3) is 4.51. The molecule has 0 saturated heterocycles. The molecule has 0 bridgehead atoms. The molecule has 0 amide bonds. The summed E-state index contributed by atoms with van der Waals surface area (Å²) in [5.41, 5.74) is 2.31. The van der Waals surface area contributed by atoms with E-state index in [0.717, 1.165) is 11.1 Å². The van der Waals surface area contributed by atoms with Crippen molar-refractivity contribution in [2.75, 3.05) is 13.7 Å². The van der Waals surface area contributed by atoms with Crippen LogP contribution in [0.2, 0.25) is 0 Å². The second kappa shape index (κ2) is 7.71. The van der Waals surface area contributed by atoms with Crippen molar-refractivity contribution in [1.82, 2.24) is 5.32 Å². The van der Waals surface area contributed by atoms with Gasteiger partial charge in [0.15, 0.2) is 0 Å². The molecule has 1 atom stereocenters. The van der Waals surface area contributed by atoms with Crippen LogP contribution in [0.5, 0.6) is 5.75 Å². The molecule has 6 nitrogen and oxygen atoms in total. The van der Waals surface area contributed by atoms with Crippen LogP contribution in [-0.4, -0.2) is 23.7 Å². The number of rotatable bonds is 7. The largest absolute Gasteiger partial charge is 0.497 e. The fourth-order valence-electron chi connectivity index (χ4n) is 2.28. The Labute approximate surface area is 134 Å². The van der Waals surface area contributed by atoms with Crippen molar-refractivity contribution in [2.45, 2.75) is 19.6 Å². The quantitative estimate of drug-likeness (QED) is 0.606. The molecule has 0 aliphatic rings. The predicted molar refractivity (Wildman–Crippen MR) is 87.5 cm³/mol. The van der Waals surface area contributed by atoms with Crippen LogP contribution in [-0.2, 0) is 6.54 Å². The molecule has 0 fully saturated rings. The van der Waals surface area contributed by atoms with Gasteiger partial charge in [0.25, 0.3) is 5.69 Å². The van der Waals surface area contributed by atoms with Crippen molar-refractivity contribution in [2.24, 2.45) is 0 Å². The first-order valence-corrected chi connectivity index (χ1v) is 7.28. The topological polar surface area (TPSA) is 84.6 Å². The molecule has 122 valence electrons. The van der Waals surface area contributed by atoms with Crippen LogP contribution >= 0.6 is 0 Å². The molecule has 2 aromatic carbocycles. The molecule has 0 radical (unpaired) electrons. The zero-order valence-corrected chi connectivity index (χ0v) is 13.2. The van der Waals surface area contributed by atoms with E-state index >= 15 is 0 Å². The number of hydrogen-bond acceptors (Lipinski definition) is 5. The smallest absolute Gasteiger partial charge is 0.272 e. The van der Waals surface area contributed by atoms with E-state index in [4.69, 9.17) is 4.74 Å². The number of nitro groups is 1. The highest BCUT2D eigenvalue weighted by Crippen LogP contribution is 2.20. The van der Waals surface area contributed by atoms with Crippen molar-refractivity contribution in [3.8, 4) is 5.75 Å². The SMILES string of the molecule is COc1cccc(C(O)CNCc2ccc(C)c([N+](=O)[O-])c2)c1. The summed E-state index contributed by atoms with van der Waals surface area (Å²) in [7, 11) is 1.58. The van der Waals surface area contributed by atoms with Gasteiger partial charge >= 0.3 is 0 Å². The summed E-state index contributed by atoms with van der Waals surface area (Å²) in [5, 5.41) is 24.2. The molecule has 0 heterocycles. The van der Waals surface area contributed by atoms with E-state index < -0.39 is 6.10 Å². The Balaban J connectivity index is 1.94. The van der Waals surface area contributed by atoms with E-state index in [2.05, 4.69) is 5.32 Å². The summed E-state index contributed by atoms with van der Waals surface area (Å²) in [6.07, 6.45) is -0.675. The van der Waals surface area contributed by atoms with E-state index in [1.54, 1.807) is 32.2 Å². The number of benzene rings is 2. The van der Waals surface area contributed by atoms with E-state index in [0.29, 0.717) is 24.4 Å². The van der Waals surface area contributed by atoms with Crippen molar-refractivity contribution < 1.29 is 14.8 Å². The van der Waals surface area contributed by atoms with Gasteiger partial charge in [-0.2, -0.15) is 0 Å². The first-order chi connectivity index (χ1) is 11.0. The lowest BCUT2D eigenvalue weighted by Crippen LogP contribution is -2.21. The highest BCUT2D eigenvalue weighted by molar-refractivity contribution is 5.42. The zero-order valence-electron chi connectivity index (χ0n) is 13.2. The monoisotopic (exact) mass is 316 g/mol. The molecular formula is C17H20N2O4. The second-order valence-corrected chi connectivity index (χ2v) is 5.30. The number of hydrogen-bond donors (Lipinski definition) is 2. The summed E-state index contributed by atoms with van der Waals surface area (Å²) in [4.78, 5) is 10.5. The van der Waals surface area contributed by atoms with Gasteiger partial charge in [-0.15, -0.1) is 0 Å².